The molecule has 8 nitrogen and oxygen atoms in total. The maximum absolute atomic E-state index is 13.8. The van der Waals surface area contributed by atoms with Crippen LogP contribution in [0.5, 0.6) is 5.75 Å². The van der Waals surface area contributed by atoms with Crippen molar-refractivity contribution in [2.24, 2.45) is 0 Å². The molecule has 41 heavy (non-hydrogen) atoms. The molecule has 2 aliphatic rings. The molecule has 3 heterocycles. The largest absolute Gasteiger partial charge is 0.497 e. The number of thioether (sulfide) groups is 1. The number of anilines is 2. The third kappa shape index (κ3) is 5.59. The number of rotatable bonds is 6. The van der Waals surface area contributed by atoms with Crippen LogP contribution in [0.25, 0.3) is 17.0 Å². The molecule has 0 spiro atoms. The predicted octanol–water partition coefficient (Wildman–Crippen LogP) is 6.27. The topological polar surface area (TPSA) is 79.4 Å². The Hall–Kier alpha value is -4.11. The lowest BCUT2D eigenvalue weighted by molar-refractivity contribution is 0.122. The van der Waals surface area contributed by atoms with Gasteiger partial charge < -0.3 is 19.3 Å². The average Bonchev–Trinajstić information content (AvgIpc) is 3.65. The lowest BCUT2D eigenvalue weighted by Gasteiger charge is -2.28. The minimum Gasteiger partial charge on any atom is -0.497 e. The second kappa shape index (κ2) is 12.6. The van der Waals surface area contributed by atoms with Crippen molar-refractivity contribution in [1.29, 1.82) is 5.26 Å². The molecular weight excluding hydrogens is 607 g/mol. The third-order valence-electron chi connectivity index (χ3n) is 6.70. The second-order valence-corrected chi connectivity index (χ2v) is 9.91. The van der Waals surface area contributed by atoms with Crippen LogP contribution < -0.4 is 14.5 Å². The maximum atomic E-state index is 13.8. The molecule has 0 bridgehead atoms. The number of ether oxygens (including phenoxy) is 2. The molecule has 4 aromatic rings. The van der Waals surface area contributed by atoms with Gasteiger partial charge in [-0.2, -0.15) is 5.26 Å². The van der Waals surface area contributed by atoms with E-state index >= 15 is 0 Å². The van der Waals surface area contributed by atoms with Crippen LogP contribution in [-0.2, 0) is 4.74 Å². The number of para-hydroxylation sites is 1. The lowest BCUT2D eigenvalue weighted by atomic mass is 10.1. The van der Waals surface area contributed by atoms with E-state index in [1.165, 1.54) is 23.9 Å². The first-order valence-corrected chi connectivity index (χ1v) is 13.6. The summed E-state index contributed by atoms with van der Waals surface area (Å²) in [5.74, 6) is 1.49. The molecule has 0 saturated carbocycles. The van der Waals surface area contributed by atoms with Crippen molar-refractivity contribution in [3.8, 4) is 17.5 Å². The highest BCUT2D eigenvalue weighted by molar-refractivity contribution is 8.93. The van der Waals surface area contributed by atoms with Crippen LogP contribution in [0.4, 0.5) is 16.0 Å². The number of nitrogens with zero attached hydrogens (tertiary/aromatic N) is 6. The van der Waals surface area contributed by atoms with Crippen molar-refractivity contribution in [2.45, 2.75) is 0 Å². The number of aromatic nitrogens is 3. The van der Waals surface area contributed by atoms with Gasteiger partial charge in [0.15, 0.2) is 5.82 Å². The molecule has 208 valence electrons. The first-order valence-electron chi connectivity index (χ1n) is 12.7. The molecule has 0 radical (unpaired) electrons. The molecule has 1 aromatic heterocycles. The molecule has 1 saturated heterocycles. The quantitative estimate of drug-likeness (QED) is 0.230. The number of allylic oxidation sites excluding steroid dienone is 1. The van der Waals surface area contributed by atoms with Crippen LogP contribution in [0.1, 0.15) is 11.4 Å². The summed E-state index contributed by atoms with van der Waals surface area (Å²) in [5, 5.41) is 22.4. The molecule has 0 atom stereocenters. The molecule has 0 unspecified atom stereocenters. The number of methoxy groups -OCH3 is 1. The van der Waals surface area contributed by atoms with Crippen molar-refractivity contribution >= 4 is 51.6 Å². The fourth-order valence-electron chi connectivity index (χ4n) is 4.72. The summed E-state index contributed by atoms with van der Waals surface area (Å²) in [5.41, 5.74) is 3.67. The monoisotopic (exact) mass is 632 g/mol. The Morgan fingerprint density at radius 1 is 0.951 bits per heavy atom. The van der Waals surface area contributed by atoms with E-state index < -0.39 is 0 Å². The van der Waals surface area contributed by atoms with Gasteiger partial charge in [0, 0.05) is 24.2 Å². The van der Waals surface area contributed by atoms with Gasteiger partial charge in [-0.15, -0.1) is 27.2 Å². The van der Waals surface area contributed by atoms with Gasteiger partial charge in [0.05, 0.1) is 31.7 Å². The Kier molecular flexibility index (Phi) is 8.73. The average molecular weight is 634 g/mol. The van der Waals surface area contributed by atoms with Gasteiger partial charge in [-0.3, -0.25) is 4.57 Å². The van der Waals surface area contributed by atoms with E-state index in [4.69, 9.17) is 9.47 Å². The highest BCUT2D eigenvalue weighted by atomic mass is 79.9. The smallest absolute Gasteiger partial charge is 0.232 e. The van der Waals surface area contributed by atoms with Crippen LogP contribution in [0.15, 0.2) is 89.3 Å². The zero-order valence-electron chi connectivity index (χ0n) is 22.1. The van der Waals surface area contributed by atoms with Crippen LogP contribution in [0.2, 0.25) is 0 Å². The zero-order valence-corrected chi connectivity index (χ0v) is 24.6. The van der Waals surface area contributed by atoms with Gasteiger partial charge >= 0.3 is 0 Å². The Morgan fingerprint density at radius 2 is 1.66 bits per heavy atom. The Labute approximate surface area is 252 Å². The van der Waals surface area contributed by atoms with Crippen molar-refractivity contribution in [3.05, 3.63) is 107 Å². The number of halogens is 2. The van der Waals surface area contributed by atoms with Crippen molar-refractivity contribution in [3.63, 3.8) is 0 Å². The SMILES string of the molecule is Br.COc1ccc(N2C(c3ccc(F)cc3)=CS/C2=C(\C#N)c2nnc(N3CCOCC3)n2-c2ccccc2)cc1. The van der Waals surface area contributed by atoms with E-state index in [2.05, 4.69) is 21.2 Å². The van der Waals surface area contributed by atoms with Crippen LogP contribution >= 0.6 is 28.7 Å². The standard InChI is InChI=1S/C30H25FN6O2S.BrH/c1-38-25-13-11-24(12-14-25)36-27(21-7-9-22(31)10-8-21)20-40-29(36)26(19-32)28-33-34-30(35-15-17-39-18-16-35)37(28)23-5-3-2-4-6-23;/h2-14,20H,15-18H2,1H3;1H/b29-26+;. The molecule has 2 aliphatic heterocycles. The third-order valence-corrected chi connectivity index (χ3v) is 7.65. The van der Waals surface area contributed by atoms with E-state index in [0.29, 0.717) is 54.4 Å². The van der Waals surface area contributed by atoms with E-state index in [1.54, 1.807) is 19.2 Å². The summed E-state index contributed by atoms with van der Waals surface area (Å²) in [4.78, 5) is 4.12. The fourth-order valence-corrected chi connectivity index (χ4v) is 5.75. The molecule has 11 heteroatoms. The first-order chi connectivity index (χ1) is 19.7. The van der Waals surface area contributed by atoms with E-state index in [0.717, 1.165) is 22.6 Å². The normalized spacial score (nSPS) is 16.1. The van der Waals surface area contributed by atoms with E-state index in [9.17, 15) is 9.65 Å². The second-order valence-electron chi connectivity index (χ2n) is 9.05. The van der Waals surface area contributed by atoms with Gasteiger partial charge in [-0.25, -0.2) is 4.39 Å². The van der Waals surface area contributed by atoms with Gasteiger partial charge in [-0.05, 0) is 66.2 Å². The molecule has 0 amide bonds. The molecule has 1 fully saturated rings. The number of hydrogen-bond acceptors (Lipinski definition) is 8. The van der Waals surface area contributed by atoms with Gasteiger partial charge in [0.1, 0.15) is 28.2 Å². The summed E-state index contributed by atoms with van der Waals surface area (Å²) in [6.45, 7) is 2.53. The Morgan fingerprint density at radius 3 is 2.32 bits per heavy atom. The maximum Gasteiger partial charge on any atom is 0.232 e. The highest BCUT2D eigenvalue weighted by Gasteiger charge is 2.32. The zero-order chi connectivity index (χ0) is 27.5. The van der Waals surface area contributed by atoms with Gasteiger partial charge in [0.2, 0.25) is 5.95 Å². The molecule has 0 N–H and O–H groups in total. The summed E-state index contributed by atoms with van der Waals surface area (Å²) < 4.78 is 26.6. The van der Waals surface area contributed by atoms with Crippen molar-refractivity contribution < 1.29 is 13.9 Å². The summed E-state index contributed by atoms with van der Waals surface area (Å²) in [7, 11) is 1.62. The predicted molar refractivity (Wildman–Crippen MR) is 165 cm³/mol. The van der Waals surface area contributed by atoms with Crippen LogP contribution in [0, 0.1) is 17.1 Å². The highest BCUT2D eigenvalue weighted by Crippen LogP contribution is 2.46. The molecule has 0 aliphatic carbocycles. The summed E-state index contributed by atoms with van der Waals surface area (Å²) >= 11 is 1.42. The Balaban J connectivity index is 0.00000337. The molecular formula is C30H26BrFN6O2S. The van der Waals surface area contributed by atoms with E-state index in [1.807, 2.05) is 69.5 Å². The molecule has 6 rings (SSSR count). The first kappa shape index (κ1) is 28.4. The van der Waals surface area contributed by atoms with Crippen LogP contribution in [0.3, 0.4) is 0 Å². The van der Waals surface area contributed by atoms with Crippen LogP contribution in [-0.4, -0.2) is 48.2 Å². The van der Waals surface area contributed by atoms with E-state index in [-0.39, 0.29) is 22.8 Å². The summed E-state index contributed by atoms with van der Waals surface area (Å²) in [6.07, 6.45) is 0. The minimum atomic E-state index is -0.314. The number of nitriles is 1. The number of hydrogen-bond donors (Lipinski definition) is 0. The van der Waals surface area contributed by atoms with Crippen molar-refractivity contribution in [1.82, 2.24) is 14.8 Å². The lowest BCUT2D eigenvalue weighted by Crippen LogP contribution is -2.38. The van der Waals surface area contributed by atoms with Gasteiger partial charge in [0.25, 0.3) is 0 Å². The summed E-state index contributed by atoms with van der Waals surface area (Å²) in [6, 6.07) is 26.1. The number of morpholine rings is 1. The Bertz CT molecular complexity index is 1610. The molecule has 3 aromatic carbocycles. The number of benzene rings is 3. The minimum absolute atomic E-state index is 0. The fraction of sp³-hybridized carbons (Fsp3) is 0.167. The van der Waals surface area contributed by atoms with Gasteiger partial charge in [-0.1, -0.05) is 30.0 Å². The van der Waals surface area contributed by atoms with Crippen molar-refractivity contribution in [2.75, 3.05) is 43.2 Å².